The molecular weight excluding hydrogens is 302 g/mol. The molecule has 2 heterocycles. The summed E-state index contributed by atoms with van der Waals surface area (Å²) in [6, 6.07) is 2.10. The van der Waals surface area contributed by atoms with Gasteiger partial charge in [-0.3, -0.25) is 0 Å². The van der Waals surface area contributed by atoms with Crippen LogP contribution in [0.3, 0.4) is 0 Å². The second-order valence-corrected chi connectivity index (χ2v) is 7.32. The zero-order chi connectivity index (χ0) is 14.0. The maximum Gasteiger partial charge on any atom is 0.128 e. The van der Waals surface area contributed by atoms with Gasteiger partial charge in [0.15, 0.2) is 0 Å². The first-order valence-corrected chi connectivity index (χ1v) is 7.72. The maximum absolute atomic E-state index is 4.45. The summed E-state index contributed by atoms with van der Waals surface area (Å²) < 4.78 is 1.03. The first kappa shape index (κ1) is 14.8. The lowest BCUT2D eigenvalue weighted by Crippen LogP contribution is -2.33. The van der Waals surface area contributed by atoms with Crippen molar-refractivity contribution < 1.29 is 0 Å². The first-order valence-electron chi connectivity index (χ1n) is 6.93. The molecule has 106 valence electrons. The predicted octanol–water partition coefficient (Wildman–Crippen LogP) is 3.54. The molecule has 1 aromatic rings. The van der Waals surface area contributed by atoms with E-state index in [1.54, 1.807) is 0 Å². The van der Waals surface area contributed by atoms with Crippen molar-refractivity contribution in [3.8, 4) is 0 Å². The summed E-state index contributed by atoms with van der Waals surface area (Å²) >= 11 is 3.45. The number of rotatable bonds is 4. The monoisotopic (exact) mass is 325 g/mol. The molecule has 0 aliphatic carbocycles. The summed E-state index contributed by atoms with van der Waals surface area (Å²) in [5, 5.41) is 3.52. The van der Waals surface area contributed by atoms with E-state index in [2.05, 4.69) is 65.0 Å². The van der Waals surface area contributed by atoms with E-state index in [4.69, 9.17) is 0 Å². The Kier molecular flexibility index (Phi) is 4.51. The normalized spacial score (nSPS) is 20.8. The molecule has 0 bridgehead atoms. The minimum atomic E-state index is 0.298. The van der Waals surface area contributed by atoms with Crippen molar-refractivity contribution in [1.82, 2.24) is 9.88 Å². The molecule has 0 saturated carbocycles. The topological polar surface area (TPSA) is 28.2 Å². The average Bonchev–Trinajstić information content (AvgIpc) is 2.75. The van der Waals surface area contributed by atoms with Crippen LogP contribution in [-0.4, -0.2) is 36.6 Å². The van der Waals surface area contributed by atoms with Crippen LogP contribution in [0.25, 0.3) is 0 Å². The smallest absolute Gasteiger partial charge is 0.128 e. The number of anilines is 1. The third-order valence-corrected chi connectivity index (χ3v) is 4.69. The van der Waals surface area contributed by atoms with Crippen molar-refractivity contribution in [3.05, 3.63) is 22.3 Å². The fourth-order valence-electron chi connectivity index (χ4n) is 2.75. The molecule has 0 aromatic carbocycles. The molecule has 4 heteroatoms. The van der Waals surface area contributed by atoms with Crippen LogP contribution < -0.4 is 5.32 Å². The number of nitrogens with one attached hydrogen (secondary N) is 1. The van der Waals surface area contributed by atoms with Crippen molar-refractivity contribution in [1.29, 1.82) is 0 Å². The molecule has 19 heavy (non-hydrogen) atoms. The zero-order valence-corrected chi connectivity index (χ0v) is 13.9. The van der Waals surface area contributed by atoms with Gasteiger partial charge in [0.2, 0.25) is 0 Å². The van der Waals surface area contributed by atoms with Gasteiger partial charge in [0, 0.05) is 23.8 Å². The third kappa shape index (κ3) is 3.69. The van der Waals surface area contributed by atoms with Crippen molar-refractivity contribution in [3.63, 3.8) is 0 Å². The number of hydrogen-bond acceptors (Lipinski definition) is 3. The second-order valence-electron chi connectivity index (χ2n) is 6.41. The fourth-order valence-corrected chi connectivity index (χ4v) is 3.20. The van der Waals surface area contributed by atoms with E-state index in [-0.39, 0.29) is 0 Å². The Morgan fingerprint density at radius 2 is 2.26 bits per heavy atom. The summed E-state index contributed by atoms with van der Waals surface area (Å²) in [6.07, 6.45) is 3.16. The molecule has 1 fully saturated rings. The third-order valence-electron chi connectivity index (χ3n) is 4.25. The Morgan fingerprint density at radius 1 is 1.53 bits per heavy atom. The van der Waals surface area contributed by atoms with E-state index < -0.39 is 0 Å². The standard InChI is InChI=1S/C15H24BrN3/c1-11-7-13(16)8-17-14(11)18-10-15(2,3)12-5-6-19(4)9-12/h7-8,12H,5-6,9-10H2,1-4H3,(H,17,18). The molecule has 0 spiro atoms. The van der Waals surface area contributed by atoms with E-state index in [1.165, 1.54) is 25.1 Å². The molecule has 2 rings (SSSR count). The van der Waals surface area contributed by atoms with Crippen LogP contribution in [0.4, 0.5) is 5.82 Å². The van der Waals surface area contributed by atoms with E-state index in [0.717, 1.165) is 22.8 Å². The lowest BCUT2D eigenvalue weighted by atomic mass is 9.78. The van der Waals surface area contributed by atoms with E-state index in [9.17, 15) is 0 Å². The van der Waals surface area contributed by atoms with Crippen molar-refractivity contribution >= 4 is 21.7 Å². The Morgan fingerprint density at radius 3 is 2.84 bits per heavy atom. The number of aryl methyl sites for hydroxylation is 1. The highest BCUT2D eigenvalue weighted by molar-refractivity contribution is 9.10. The van der Waals surface area contributed by atoms with E-state index in [0.29, 0.717) is 5.41 Å². The van der Waals surface area contributed by atoms with E-state index >= 15 is 0 Å². The zero-order valence-electron chi connectivity index (χ0n) is 12.3. The van der Waals surface area contributed by atoms with Crippen LogP contribution in [0.2, 0.25) is 0 Å². The first-order chi connectivity index (χ1) is 8.88. The van der Waals surface area contributed by atoms with Crippen LogP contribution in [0.5, 0.6) is 0 Å². The maximum atomic E-state index is 4.45. The molecule has 1 aromatic heterocycles. The molecule has 1 aliphatic heterocycles. The van der Waals surface area contributed by atoms with Gasteiger partial charge < -0.3 is 10.2 Å². The fraction of sp³-hybridized carbons (Fsp3) is 0.667. The molecule has 1 aliphatic rings. The van der Waals surface area contributed by atoms with Crippen LogP contribution in [-0.2, 0) is 0 Å². The SMILES string of the molecule is Cc1cc(Br)cnc1NCC(C)(C)C1CCN(C)C1. The van der Waals surface area contributed by atoms with Gasteiger partial charge in [-0.05, 0) is 65.8 Å². The average molecular weight is 326 g/mol. The second kappa shape index (κ2) is 5.80. The lowest BCUT2D eigenvalue weighted by molar-refractivity contribution is 0.230. The van der Waals surface area contributed by atoms with Crippen molar-refractivity contribution in [2.24, 2.45) is 11.3 Å². The minimum absolute atomic E-state index is 0.298. The summed E-state index contributed by atoms with van der Waals surface area (Å²) in [5.41, 5.74) is 1.49. The van der Waals surface area contributed by atoms with Gasteiger partial charge in [-0.15, -0.1) is 0 Å². The summed E-state index contributed by atoms with van der Waals surface area (Å²) in [5.74, 6) is 1.77. The quantitative estimate of drug-likeness (QED) is 0.917. The Balaban J connectivity index is 1.97. The Labute approximate surface area is 124 Å². The number of pyridine rings is 1. The number of halogens is 1. The summed E-state index contributed by atoms with van der Waals surface area (Å²) in [4.78, 5) is 6.88. The molecule has 0 radical (unpaired) electrons. The van der Waals surface area contributed by atoms with Gasteiger partial charge in [0.05, 0.1) is 0 Å². The Bertz CT molecular complexity index is 445. The molecule has 1 saturated heterocycles. The van der Waals surface area contributed by atoms with Gasteiger partial charge in [-0.2, -0.15) is 0 Å². The number of hydrogen-bond donors (Lipinski definition) is 1. The highest BCUT2D eigenvalue weighted by atomic mass is 79.9. The van der Waals surface area contributed by atoms with Crippen LogP contribution in [0.1, 0.15) is 25.8 Å². The van der Waals surface area contributed by atoms with Gasteiger partial charge in [-0.1, -0.05) is 13.8 Å². The molecule has 1 unspecified atom stereocenters. The summed E-state index contributed by atoms with van der Waals surface area (Å²) in [6.45, 7) is 10.2. The molecule has 1 N–H and O–H groups in total. The summed E-state index contributed by atoms with van der Waals surface area (Å²) in [7, 11) is 2.21. The van der Waals surface area contributed by atoms with Gasteiger partial charge in [0.1, 0.15) is 5.82 Å². The predicted molar refractivity (Wildman–Crippen MR) is 84.5 cm³/mol. The largest absolute Gasteiger partial charge is 0.369 e. The minimum Gasteiger partial charge on any atom is -0.369 e. The van der Waals surface area contributed by atoms with Gasteiger partial charge in [-0.25, -0.2) is 4.98 Å². The van der Waals surface area contributed by atoms with Crippen molar-refractivity contribution in [2.45, 2.75) is 27.2 Å². The number of likely N-dealkylation sites (tertiary alicyclic amines) is 1. The molecular formula is C15H24BrN3. The highest BCUT2D eigenvalue weighted by Gasteiger charge is 2.33. The lowest BCUT2D eigenvalue weighted by Gasteiger charge is -2.32. The molecule has 3 nitrogen and oxygen atoms in total. The Hall–Kier alpha value is -0.610. The van der Waals surface area contributed by atoms with Gasteiger partial charge in [0.25, 0.3) is 0 Å². The molecule has 0 amide bonds. The van der Waals surface area contributed by atoms with Crippen LogP contribution in [0.15, 0.2) is 16.7 Å². The highest BCUT2D eigenvalue weighted by Crippen LogP contribution is 2.34. The number of aromatic nitrogens is 1. The van der Waals surface area contributed by atoms with Gasteiger partial charge >= 0.3 is 0 Å². The molecule has 1 atom stereocenters. The van der Waals surface area contributed by atoms with Crippen molar-refractivity contribution in [2.75, 3.05) is 32.0 Å². The number of nitrogens with zero attached hydrogens (tertiary/aromatic N) is 2. The van der Waals surface area contributed by atoms with Crippen LogP contribution >= 0.6 is 15.9 Å². The van der Waals surface area contributed by atoms with E-state index in [1.807, 2.05) is 6.20 Å². The van der Waals surface area contributed by atoms with Crippen LogP contribution in [0, 0.1) is 18.3 Å².